The zero-order chi connectivity index (χ0) is 13.0. The molecule has 0 aliphatic rings. The van der Waals surface area contributed by atoms with Crippen molar-refractivity contribution in [2.24, 2.45) is 0 Å². The summed E-state index contributed by atoms with van der Waals surface area (Å²) in [6.07, 6.45) is 0. The van der Waals surface area contributed by atoms with Crippen molar-refractivity contribution >= 4 is 33.5 Å². The van der Waals surface area contributed by atoms with Crippen molar-refractivity contribution in [1.82, 2.24) is 5.32 Å². The third-order valence-electron chi connectivity index (χ3n) is 2.28. The molecule has 3 N–H and O–H groups in total. The summed E-state index contributed by atoms with van der Waals surface area (Å²) >= 11 is 3.26. The highest BCUT2D eigenvalue weighted by atomic mass is 79.9. The first-order valence-electron chi connectivity index (χ1n) is 4.86. The van der Waals surface area contributed by atoms with E-state index < -0.39 is 5.97 Å². The Balaban J connectivity index is 2.86. The molecule has 92 valence electrons. The van der Waals surface area contributed by atoms with Gasteiger partial charge in [0, 0.05) is 15.7 Å². The first-order valence-corrected chi connectivity index (χ1v) is 5.65. The number of esters is 1. The standard InChI is InChI=1S/C11H13BrN2O3/c1-6-8(3-7(12)4-9(6)13)11(16)14-5-10(15)17-2/h3-4H,5,13H2,1-2H3,(H,14,16). The van der Waals surface area contributed by atoms with Crippen LogP contribution in [0.25, 0.3) is 0 Å². The molecule has 17 heavy (non-hydrogen) atoms. The highest BCUT2D eigenvalue weighted by molar-refractivity contribution is 9.10. The molecule has 0 saturated heterocycles. The van der Waals surface area contributed by atoms with Crippen molar-refractivity contribution in [3.63, 3.8) is 0 Å². The van der Waals surface area contributed by atoms with Crippen molar-refractivity contribution in [3.8, 4) is 0 Å². The first kappa shape index (κ1) is 13.5. The Morgan fingerprint density at radius 2 is 2.12 bits per heavy atom. The summed E-state index contributed by atoms with van der Waals surface area (Å²) in [5.41, 5.74) is 7.36. The van der Waals surface area contributed by atoms with Crippen LogP contribution < -0.4 is 11.1 Å². The number of carbonyl (C=O) groups excluding carboxylic acids is 2. The second kappa shape index (κ2) is 5.67. The zero-order valence-electron chi connectivity index (χ0n) is 9.54. The van der Waals surface area contributed by atoms with Gasteiger partial charge in [0.1, 0.15) is 6.54 Å². The molecule has 1 rings (SSSR count). The second-order valence-electron chi connectivity index (χ2n) is 3.43. The molecule has 0 aliphatic heterocycles. The third-order valence-corrected chi connectivity index (χ3v) is 2.74. The molecule has 0 spiro atoms. The third kappa shape index (κ3) is 3.45. The average molecular weight is 301 g/mol. The number of hydrogen-bond acceptors (Lipinski definition) is 4. The second-order valence-corrected chi connectivity index (χ2v) is 4.34. The Morgan fingerprint density at radius 3 is 2.71 bits per heavy atom. The predicted octanol–water partition coefficient (Wildman–Crippen LogP) is 1.24. The number of amides is 1. The lowest BCUT2D eigenvalue weighted by Crippen LogP contribution is -2.30. The molecule has 0 saturated carbocycles. The average Bonchev–Trinajstić information content (AvgIpc) is 2.30. The number of methoxy groups -OCH3 is 1. The molecule has 0 atom stereocenters. The number of anilines is 1. The van der Waals surface area contributed by atoms with Crippen molar-refractivity contribution in [3.05, 3.63) is 27.7 Å². The molecule has 0 radical (unpaired) electrons. The number of ether oxygens (including phenoxy) is 1. The quantitative estimate of drug-likeness (QED) is 0.650. The molecular weight excluding hydrogens is 288 g/mol. The molecule has 0 aromatic heterocycles. The van der Waals surface area contributed by atoms with Crippen LogP contribution in [0.5, 0.6) is 0 Å². The van der Waals surface area contributed by atoms with Gasteiger partial charge in [-0.25, -0.2) is 0 Å². The van der Waals surface area contributed by atoms with Gasteiger partial charge in [-0.2, -0.15) is 0 Å². The van der Waals surface area contributed by atoms with Gasteiger partial charge in [-0.15, -0.1) is 0 Å². The number of carbonyl (C=O) groups is 2. The van der Waals surface area contributed by atoms with Gasteiger partial charge in [-0.05, 0) is 24.6 Å². The number of halogens is 1. The van der Waals surface area contributed by atoms with Gasteiger partial charge >= 0.3 is 5.97 Å². The normalized spacial score (nSPS) is 9.82. The van der Waals surface area contributed by atoms with Gasteiger partial charge in [-0.3, -0.25) is 9.59 Å². The van der Waals surface area contributed by atoms with Crippen molar-refractivity contribution in [1.29, 1.82) is 0 Å². The van der Waals surface area contributed by atoms with Crippen LogP contribution in [0.2, 0.25) is 0 Å². The van der Waals surface area contributed by atoms with Gasteiger partial charge in [0.05, 0.1) is 7.11 Å². The largest absolute Gasteiger partial charge is 0.468 e. The van der Waals surface area contributed by atoms with E-state index in [1.54, 1.807) is 19.1 Å². The van der Waals surface area contributed by atoms with E-state index in [9.17, 15) is 9.59 Å². The summed E-state index contributed by atoms with van der Waals surface area (Å²) in [7, 11) is 1.26. The van der Waals surface area contributed by atoms with Gasteiger partial charge < -0.3 is 15.8 Å². The first-order chi connectivity index (χ1) is 7.95. The van der Waals surface area contributed by atoms with E-state index in [0.717, 1.165) is 0 Å². The van der Waals surface area contributed by atoms with Crippen LogP contribution >= 0.6 is 15.9 Å². The van der Waals surface area contributed by atoms with Gasteiger partial charge in [0.2, 0.25) is 0 Å². The van der Waals surface area contributed by atoms with Gasteiger partial charge in [0.15, 0.2) is 0 Å². The van der Waals surface area contributed by atoms with Crippen molar-refractivity contribution in [2.45, 2.75) is 6.92 Å². The van der Waals surface area contributed by atoms with Crippen LogP contribution in [0.15, 0.2) is 16.6 Å². The van der Waals surface area contributed by atoms with Crippen LogP contribution in [-0.4, -0.2) is 25.5 Å². The van der Waals surface area contributed by atoms with Crippen molar-refractivity contribution < 1.29 is 14.3 Å². The smallest absolute Gasteiger partial charge is 0.325 e. The van der Waals surface area contributed by atoms with Crippen LogP contribution in [0.3, 0.4) is 0 Å². The minimum atomic E-state index is -0.501. The monoisotopic (exact) mass is 300 g/mol. The fourth-order valence-corrected chi connectivity index (χ4v) is 1.73. The highest BCUT2D eigenvalue weighted by Crippen LogP contribution is 2.22. The van der Waals surface area contributed by atoms with E-state index in [-0.39, 0.29) is 12.5 Å². The van der Waals surface area contributed by atoms with Crippen LogP contribution in [-0.2, 0) is 9.53 Å². The Morgan fingerprint density at radius 1 is 1.47 bits per heavy atom. The van der Waals surface area contributed by atoms with E-state index in [1.165, 1.54) is 7.11 Å². The SMILES string of the molecule is COC(=O)CNC(=O)c1cc(Br)cc(N)c1C. The summed E-state index contributed by atoms with van der Waals surface area (Å²) in [6.45, 7) is 1.58. The molecule has 0 heterocycles. The molecule has 6 heteroatoms. The minimum Gasteiger partial charge on any atom is -0.468 e. The van der Waals surface area contributed by atoms with E-state index in [2.05, 4.69) is 26.0 Å². The molecule has 1 amide bonds. The number of hydrogen-bond donors (Lipinski definition) is 2. The Kier molecular flexibility index (Phi) is 4.51. The summed E-state index contributed by atoms with van der Waals surface area (Å²) in [6, 6.07) is 3.37. The molecule has 0 aliphatic carbocycles. The van der Waals surface area contributed by atoms with Crippen molar-refractivity contribution in [2.75, 3.05) is 19.4 Å². The summed E-state index contributed by atoms with van der Waals surface area (Å²) in [5, 5.41) is 2.46. The topological polar surface area (TPSA) is 81.4 Å². The van der Waals surface area contributed by atoms with Gasteiger partial charge in [-0.1, -0.05) is 15.9 Å². The maximum absolute atomic E-state index is 11.8. The molecule has 1 aromatic rings. The van der Waals surface area contributed by atoms with Crippen LogP contribution in [0.4, 0.5) is 5.69 Å². The fourth-order valence-electron chi connectivity index (χ4n) is 1.26. The summed E-state index contributed by atoms with van der Waals surface area (Å²) in [5.74, 6) is -0.861. The van der Waals surface area contributed by atoms with Crippen LogP contribution in [0.1, 0.15) is 15.9 Å². The number of benzene rings is 1. The maximum Gasteiger partial charge on any atom is 0.325 e. The minimum absolute atomic E-state index is 0.165. The molecule has 0 fully saturated rings. The van der Waals surface area contributed by atoms with E-state index in [4.69, 9.17) is 5.73 Å². The summed E-state index contributed by atoms with van der Waals surface area (Å²) < 4.78 is 5.14. The number of nitrogens with one attached hydrogen (secondary N) is 1. The fraction of sp³-hybridized carbons (Fsp3) is 0.273. The lowest BCUT2D eigenvalue weighted by Gasteiger charge is -2.09. The molecule has 5 nitrogen and oxygen atoms in total. The maximum atomic E-state index is 11.8. The number of nitrogen functional groups attached to an aromatic ring is 1. The lowest BCUT2D eigenvalue weighted by atomic mass is 10.1. The Labute approximate surface area is 107 Å². The molecule has 1 aromatic carbocycles. The highest BCUT2D eigenvalue weighted by Gasteiger charge is 2.13. The van der Waals surface area contributed by atoms with Crippen LogP contribution in [0, 0.1) is 6.92 Å². The predicted molar refractivity (Wildman–Crippen MR) is 67.6 cm³/mol. The molecule has 0 unspecified atom stereocenters. The summed E-state index contributed by atoms with van der Waals surface area (Å²) in [4.78, 5) is 22.7. The lowest BCUT2D eigenvalue weighted by molar-refractivity contribution is -0.139. The van der Waals surface area contributed by atoms with E-state index >= 15 is 0 Å². The molecule has 0 bridgehead atoms. The number of nitrogens with two attached hydrogens (primary N) is 1. The number of rotatable bonds is 3. The zero-order valence-corrected chi connectivity index (χ0v) is 11.1. The Hall–Kier alpha value is -1.56. The molecular formula is C11H13BrN2O3. The van der Waals surface area contributed by atoms with E-state index in [1.807, 2.05) is 0 Å². The Bertz CT molecular complexity index is 460. The van der Waals surface area contributed by atoms with Gasteiger partial charge in [0.25, 0.3) is 5.91 Å². The van der Waals surface area contributed by atoms with E-state index in [0.29, 0.717) is 21.3 Å².